The number of carbonyl (C=O) groups excluding carboxylic acids is 1. The van der Waals surface area contributed by atoms with Gasteiger partial charge in [-0.2, -0.15) is 5.10 Å². The van der Waals surface area contributed by atoms with Gasteiger partial charge in [-0.1, -0.05) is 29.8 Å². The standard InChI is InChI=1S/C16H13ClN4O/c1-11-15(21-9-3-2-4-14(21)19-11)16(22)20-18-10-12-5-7-13(17)8-6-12/h2-10H,1H3,(H,20,22). The Morgan fingerprint density at radius 1 is 1.27 bits per heavy atom. The Morgan fingerprint density at radius 2 is 2.05 bits per heavy atom. The van der Waals surface area contributed by atoms with Gasteiger partial charge >= 0.3 is 0 Å². The molecule has 2 aromatic heterocycles. The number of amides is 1. The van der Waals surface area contributed by atoms with Crippen LogP contribution in [0.25, 0.3) is 5.65 Å². The summed E-state index contributed by atoms with van der Waals surface area (Å²) in [5.41, 5.74) is 5.23. The summed E-state index contributed by atoms with van der Waals surface area (Å²) < 4.78 is 1.74. The second kappa shape index (κ2) is 5.99. The van der Waals surface area contributed by atoms with Gasteiger partial charge in [0.25, 0.3) is 5.91 Å². The number of aryl methyl sites for hydroxylation is 1. The van der Waals surface area contributed by atoms with E-state index in [1.165, 1.54) is 0 Å². The van der Waals surface area contributed by atoms with Crippen molar-refractivity contribution in [2.45, 2.75) is 6.92 Å². The summed E-state index contributed by atoms with van der Waals surface area (Å²) in [6.45, 7) is 1.80. The number of carbonyl (C=O) groups is 1. The molecule has 2 heterocycles. The van der Waals surface area contributed by atoms with Crippen molar-refractivity contribution in [2.75, 3.05) is 0 Å². The topological polar surface area (TPSA) is 58.8 Å². The lowest BCUT2D eigenvalue weighted by molar-refractivity contribution is 0.0948. The minimum absolute atomic E-state index is 0.304. The number of pyridine rings is 1. The van der Waals surface area contributed by atoms with Gasteiger partial charge < -0.3 is 0 Å². The Kier molecular flexibility index (Phi) is 3.89. The van der Waals surface area contributed by atoms with Crippen LogP contribution in [0.5, 0.6) is 0 Å². The highest BCUT2D eigenvalue weighted by atomic mass is 35.5. The highest BCUT2D eigenvalue weighted by Gasteiger charge is 2.15. The van der Waals surface area contributed by atoms with Gasteiger partial charge in [-0.05, 0) is 36.8 Å². The number of halogens is 1. The van der Waals surface area contributed by atoms with E-state index >= 15 is 0 Å². The van der Waals surface area contributed by atoms with Crippen molar-refractivity contribution in [1.29, 1.82) is 0 Å². The Bertz CT molecular complexity index is 852. The van der Waals surface area contributed by atoms with Crippen molar-refractivity contribution >= 4 is 29.4 Å². The normalized spacial score (nSPS) is 11.2. The minimum Gasteiger partial charge on any atom is -0.295 e. The van der Waals surface area contributed by atoms with Crippen molar-refractivity contribution in [3.63, 3.8) is 0 Å². The van der Waals surface area contributed by atoms with E-state index in [1.54, 1.807) is 35.9 Å². The van der Waals surface area contributed by atoms with Crippen LogP contribution in [0, 0.1) is 6.92 Å². The van der Waals surface area contributed by atoms with Crippen molar-refractivity contribution in [1.82, 2.24) is 14.8 Å². The van der Waals surface area contributed by atoms with E-state index in [2.05, 4.69) is 15.5 Å². The molecule has 0 spiro atoms. The van der Waals surface area contributed by atoms with Crippen LogP contribution >= 0.6 is 11.6 Å². The second-order valence-corrected chi connectivity index (χ2v) is 5.16. The molecule has 1 N–H and O–H groups in total. The first kappa shape index (κ1) is 14.3. The van der Waals surface area contributed by atoms with Crippen molar-refractivity contribution in [3.05, 3.63) is 70.6 Å². The molecule has 0 aliphatic heterocycles. The van der Waals surface area contributed by atoms with Gasteiger partial charge in [-0.15, -0.1) is 0 Å². The second-order valence-electron chi connectivity index (χ2n) is 4.73. The maximum absolute atomic E-state index is 12.3. The zero-order valence-electron chi connectivity index (χ0n) is 11.8. The van der Waals surface area contributed by atoms with E-state index in [0.29, 0.717) is 16.4 Å². The Balaban J connectivity index is 1.79. The number of imidazole rings is 1. The first-order valence-corrected chi connectivity index (χ1v) is 7.05. The van der Waals surface area contributed by atoms with Gasteiger partial charge in [-0.25, -0.2) is 10.4 Å². The van der Waals surface area contributed by atoms with Crippen LogP contribution in [-0.2, 0) is 0 Å². The molecule has 0 bridgehead atoms. The summed E-state index contributed by atoms with van der Waals surface area (Å²) >= 11 is 5.81. The van der Waals surface area contributed by atoms with Crippen LogP contribution in [0.4, 0.5) is 0 Å². The lowest BCUT2D eigenvalue weighted by Crippen LogP contribution is -2.20. The number of nitrogens with zero attached hydrogens (tertiary/aromatic N) is 3. The fraction of sp³-hybridized carbons (Fsp3) is 0.0625. The number of fused-ring (bicyclic) bond motifs is 1. The molecule has 0 saturated heterocycles. The molecule has 0 unspecified atom stereocenters. The molecule has 3 rings (SSSR count). The quantitative estimate of drug-likeness (QED) is 0.597. The summed E-state index contributed by atoms with van der Waals surface area (Å²) in [5.74, 6) is -0.304. The fourth-order valence-electron chi connectivity index (χ4n) is 2.15. The third-order valence-corrected chi connectivity index (χ3v) is 3.42. The number of benzene rings is 1. The molecule has 0 aliphatic carbocycles. The number of rotatable bonds is 3. The molecule has 1 aromatic carbocycles. The van der Waals surface area contributed by atoms with Gasteiger partial charge in [0.2, 0.25) is 0 Å². The van der Waals surface area contributed by atoms with E-state index in [1.807, 2.05) is 30.3 Å². The van der Waals surface area contributed by atoms with E-state index in [4.69, 9.17) is 11.6 Å². The Hall–Kier alpha value is -2.66. The SMILES string of the molecule is Cc1nc2ccccn2c1C(=O)NN=Cc1ccc(Cl)cc1. The van der Waals surface area contributed by atoms with Crippen LogP contribution < -0.4 is 5.43 Å². The zero-order valence-corrected chi connectivity index (χ0v) is 12.6. The smallest absolute Gasteiger partial charge is 0.290 e. The molecular weight excluding hydrogens is 300 g/mol. The van der Waals surface area contributed by atoms with Crippen molar-refractivity contribution in [2.24, 2.45) is 5.10 Å². The van der Waals surface area contributed by atoms with Crippen LogP contribution in [0.2, 0.25) is 5.02 Å². The van der Waals surface area contributed by atoms with Gasteiger partial charge in [-0.3, -0.25) is 9.20 Å². The molecule has 0 radical (unpaired) electrons. The number of hydrazone groups is 1. The van der Waals surface area contributed by atoms with Gasteiger partial charge in [0.1, 0.15) is 11.3 Å². The third kappa shape index (κ3) is 2.84. The van der Waals surface area contributed by atoms with Crippen LogP contribution in [-0.4, -0.2) is 21.5 Å². The van der Waals surface area contributed by atoms with Gasteiger partial charge in [0, 0.05) is 11.2 Å². The van der Waals surface area contributed by atoms with E-state index in [9.17, 15) is 4.79 Å². The summed E-state index contributed by atoms with van der Waals surface area (Å²) in [7, 11) is 0. The maximum atomic E-state index is 12.3. The molecule has 5 nitrogen and oxygen atoms in total. The predicted molar refractivity (Wildman–Crippen MR) is 86.4 cm³/mol. The molecule has 6 heteroatoms. The lowest BCUT2D eigenvalue weighted by atomic mass is 10.2. The van der Waals surface area contributed by atoms with E-state index < -0.39 is 0 Å². The van der Waals surface area contributed by atoms with Crippen molar-refractivity contribution in [3.8, 4) is 0 Å². The molecule has 22 heavy (non-hydrogen) atoms. The number of aromatic nitrogens is 2. The van der Waals surface area contributed by atoms with E-state index in [-0.39, 0.29) is 5.91 Å². The third-order valence-electron chi connectivity index (χ3n) is 3.17. The number of nitrogens with one attached hydrogen (secondary N) is 1. The summed E-state index contributed by atoms with van der Waals surface area (Å²) in [6.07, 6.45) is 3.36. The highest BCUT2D eigenvalue weighted by Crippen LogP contribution is 2.11. The number of hydrogen-bond acceptors (Lipinski definition) is 3. The average molecular weight is 313 g/mol. The fourth-order valence-corrected chi connectivity index (χ4v) is 2.28. The molecule has 0 atom stereocenters. The van der Waals surface area contributed by atoms with Gasteiger partial charge in [0.15, 0.2) is 0 Å². The molecule has 1 amide bonds. The molecular formula is C16H13ClN4O. The Morgan fingerprint density at radius 3 is 2.82 bits per heavy atom. The molecule has 0 aliphatic rings. The maximum Gasteiger partial charge on any atom is 0.290 e. The first-order chi connectivity index (χ1) is 10.6. The van der Waals surface area contributed by atoms with Gasteiger partial charge in [0.05, 0.1) is 11.9 Å². The first-order valence-electron chi connectivity index (χ1n) is 6.68. The molecule has 0 fully saturated rings. The largest absolute Gasteiger partial charge is 0.295 e. The van der Waals surface area contributed by atoms with Crippen molar-refractivity contribution < 1.29 is 4.79 Å². The predicted octanol–water partition coefficient (Wildman–Crippen LogP) is 3.06. The molecule has 110 valence electrons. The highest BCUT2D eigenvalue weighted by molar-refractivity contribution is 6.30. The van der Waals surface area contributed by atoms with E-state index in [0.717, 1.165) is 11.2 Å². The van der Waals surface area contributed by atoms with Crippen LogP contribution in [0.1, 0.15) is 21.7 Å². The summed E-state index contributed by atoms with van der Waals surface area (Å²) in [4.78, 5) is 16.6. The zero-order chi connectivity index (χ0) is 15.5. The van der Waals surface area contributed by atoms with Crippen LogP contribution in [0.3, 0.4) is 0 Å². The molecule has 0 saturated carbocycles. The Labute approximate surface area is 132 Å². The monoisotopic (exact) mass is 312 g/mol. The molecule has 3 aromatic rings. The average Bonchev–Trinajstić information content (AvgIpc) is 2.85. The number of hydrogen-bond donors (Lipinski definition) is 1. The lowest BCUT2D eigenvalue weighted by Gasteiger charge is -2.01. The van der Waals surface area contributed by atoms with Crippen LogP contribution in [0.15, 0.2) is 53.8 Å². The summed E-state index contributed by atoms with van der Waals surface area (Å²) in [6, 6.07) is 12.7. The summed E-state index contributed by atoms with van der Waals surface area (Å²) in [5, 5.41) is 4.62. The minimum atomic E-state index is -0.304.